The highest BCUT2D eigenvalue weighted by atomic mass is 16.5. The molecule has 6 heteroatoms. The number of amides is 1. The molecule has 1 aromatic rings. The highest BCUT2D eigenvalue weighted by Crippen LogP contribution is 2.39. The highest BCUT2D eigenvalue weighted by molar-refractivity contribution is 5.89. The van der Waals surface area contributed by atoms with E-state index in [1.807, 2.05) is 0 Å². The lowest BCUT2D eigenvalue weighted by Gasteiger charge is -2.22. The second-order valence-electron chi connectivity index (χ2n) is 5.67. The van der Waals surface area contributed by atoms with Crippen molar-refractivity contribution in [3.05, 3.63) is 29.8 Å². The summed E-state index contributed by atoms with van der Waals surface area (Å²) in [5.74, 6) is -0.0416. The molecule has 0 saturated heterocycles. The van der Waals surface area contributed by atoms with Gasteiger partial charge in [-0.3, -0.25) is 4.79 Å². The van der Waals surface area contributed by atoms with Crippen LogP contribution < -0.4 is 10.1 Å². The van der Waals surface area contributed by atoms with Crippen LogP contribution in [0.3, 0.4) is 0 Å². The zero-order valence-electron chi connectivity index (χ0n) is 13.3. The molecule has 1 N–H and O–H groups in total. The van der Waals surface area contributed by atoms with Crippen molar-refractivity contribution in [2.24, 2.45) is 5.92 Å². The Morgan fingerprint density at radius 1 is 1.35 bits per heavy atom. The third-order valence-electron chi connectivity index (χ3n) is 3.76. The standard InChI is InChI=1S/C17H20N2O4/c1-3-22-16(21)12-4-8-14(9-5-12)23-10-15(20)19-17(2,11-18)13-6-7-13/h4-5,8-9,13H,3,6-7,10H2,1-2H3,(H,19,20)/t17-/m0/s1. The number of ether oxygens (including phenoxy) is 2. The first-order valence-electron chi connectivity index (χ1n) is 7.60. The number of hydrogen-bond acceptors (Lipinski definition) is 5. The summed E-state index contributed by atoms with van der Waals surface area (Å²) in [5.41, 5.74) is -0.400. The second kappa shape index (κ2) is 7.14. The molecule has 0 radical (unpaired) electrons. The van der Waals surface area contributed by atoms with Crippen LogP contribution in [0, 0.1) is 17.2 Å². The molecule has 0 bridgehead atoms. The number of nitrogens with zero attached hydrogens (tertiary/aromatic N) is 1. The molecule has 122 valence electrons. The summed E-state index contributed by atoms with van der Waals surface area (Å²) in [6, 6.07) is 8.52. The molecule has 0 spiro atoms. The molecule has 0 heterocycles. The van der Waals surface area contributed by atoms with Crippen LogP contribution in [0.5, 0.6) is 5.75 Å². The largest absolute Gasteiger partial charge is 0.484 e. The predicted molar refractivity (Wildman–Crippen MR) is 82.8 cm³/mol. The first-order valence-corrected chi connectivity index (χ1v) is 7.60. The van der Waals surface area contributed by atoms with Crippen molar-refractivity contribution in [2.45, 2.75) is 32.2 Å². The Morgan fingerprint density at radius 2 is 2.00 bits per heavy atom. The summed E-state index contributed by atoms with van der Waals surface area (Å²) in [6.45, 7) is 3.61. The maximum absolute atomic E-state index is 11.9. The van der Waals surface area contributed by atoms with E-state index in [2.05, 4.69) is 11.4 Å². The summed E-state index contributed by atoms with van der Waals surface area (Å²) in [5, 5.41) is 11.9. The van der Waals surface area contributed by atoms with E-state index >= 15 is 0 Å². The number of hydrogen-bond donors (Lipinski definition) is 1. The quantitative estimate of drug-likeness (QED) is 0.778. The monoisotopic (exact) mass is 316 g/mol. The number of benzene rings is 1. The maximum atomic E-state index is 11.9. The molecule has 1 aliphatic carbocycles. The zero-order valence-corrected chi connectivity index (χ0v) is 13.3. The Balaban J connectivity index is 1.84. The molecule has 0 aliphatic heterocycles. The van der Waals surface area contributed by atoms with E-state index in [0.29, 0.717) is 17.9 Å². The minimum absolute atomic E-state index is 0.178. The molecular formula is C17H20N2O4. The molecule has 1 atom stereocenters. The second-order valence-corrected chi connectivity index (χ2v) is 5.67. The van der Waals surface area contributed by atoms with Crippen molar-refractivity contribution < 1.29 is 19.1 Å². The lowest BCUT2D eigenvalue weighted by atomic mass is 9.98. The van der Waals surface area contributed by atoms with Gasteiger partial charge in [-0.25, -0.2) is 4.79 Å². The van der Waals surface area contributed by atoms with Gasteiger partial charge in [0, 0.05) is 0 Å². The number of carbonyl (C=O) groups is 2. The van der Waals surface area contributed by atoms with Crippen molar-refractivity contribution in [1.29, 1.82) is 5.26 Å². The lowest BCUT2D eigenvalue weighted by molar-refractivity contribution is -0.124. The zero-order chi connectivity index (χ0) is 16.9. The van der Waals surface area contributed by atoms with Crippen molar-refractivity contribution in [2.75, 3.05) is 13.2 Å². The third kappa shape index (κ3) is 4.46. The summed E-state index contributed by atoms with van der Waals surface area (Å²) < 4.78 is 10.3. The molecule has 1 saturated carbocycles. The van der Waals surface area contributed by atoms with Gasteiger partial charge in [0.05, 0.1) is 18.2 Å². The molecule has 0 unspecified atom stereocenters. The van der Waals surface area contributed by atoms with Crippen LogP contribution in [0.4, 0.5) is 0 Å². The van der Waals surface area contributed by atoms with Crippen LogP contribution in [0.2, 0.25) is 0 Å². The fourth-order valence-electron chi connectivity index (χ4n) is 2.26. The normalized spacial score (nSPS) is 15.9. The van der Waals surface area contributed by atoms with E-state index in [0.717, 1.165) is 12.8 Å². The van der Waals surface area contributed by atoms with Crippen molar-refractivity contribution in [1.82, 2.24) is 5.32 Å². The Hall–Kier alpha value is -2.55. The van der Waals surface area contributed by atoms with Gasteiger partial charge in [-0.15, -0.1) is 0 Å². The minimum Gasteiger partial charge on any atom is -0.484 e. The van der Waals surface area contributed by atoms with Gasteiger partial charge in [-0.2, -0.15) is 5.26 Å². The molecular weight excluding hydrogens is 296 g/mol. The Kier molecular flexibility index (Phi) is 5.22. The Morgan fingerprint density at radius 3 is 2.52 bits per heavy atom. The van der Waals surface area contributed by atoms with Gasteiger partial charge < -0.3 is 14.8 Å². The van der Waals surface area contributed by atoms with Crippen molar-refractivity contribution in [3.8, 4) is 11.8 Å². The van der Waals surface area contributed by atoms with E-state index in [1.165, 1.54) is 0 Å². The number of carbonyl (C=O) groups excluding carboxylic acids is 2. The molecule has 0 aromatic heterocycles. The topological polar surface area (TPSA) is 88.4 Å². The van der Waals surface area contributed by atoms with E-state index in [-0.39, 0.29) is 18.4 Å². The Bertz CT molecular complexity index is 616. The van der Waals surface area contributed by atoms with E-state index in [9.17, 15) is 14.9 Å². The number of rotatable bonds is 7. The van der Waals surface area contributed by atoms with E-state index < -0.39 is 11.5 Å². The Labute approximate surface area is 135 Å². The van der Waals surface area contributed by atoms with E-state index in [1.54, 1.807) is 38.1 Å². The first kappa shape index (κ1) is 16.8. The molecule has 1 amide bonds. The SMILES string of the molecule is CCOC(=O)c1ccc(OCC(=O)N[C@@](C)(C#N)C2CC2)cc1. The molecule has 1 fully saturated rings. The number of nitrogens with one attached hydrogen (secondary N) is 1. The van der Waals surface area contributed by atoms with Crippen LogP contribution in [-0.2, 0) is 9.53 Å². The highest BCUT2D eigenvalue weighted by Gasteiger charge is 2.43. The first-order chi connectivity index (χ1) is 11.0. The molecule has 1 aliphatic rings. The summed E-state index contributed by atoms with van der Waals surface area (Å²) in [6.07, 6.45) is 1.92. The molecule has 23 heavy (non-hydrogen) atoms. The van der Waals surface area contributed by atoms with Crippen LogP contribution in [0.15, 0.2) is 24.3 Å². The predicted octanol–water partition coefficient (Wildman–Crippen LogP) is 2.05. The fraction of sp³-hybridized carbons (Fsp3) is 0.471. The van der Waals surface area contributed by atoms with Crippen molar-refractivity contribution >= 4 is 11.9 Å². The van der Waals surface area contributed by atoms with Crippen LogP contribution in [-0.4, -0.2) is 30.6 Å². The molecule has 6 nitrogen and oxygen atoms in total. The van der Waals surface area contributed by atoms with E-state index in [4.69, 9.17) is 9.47 Å². The summed E-state index contributed by atoms with van der Waals surface area (Å²) in [4.78, 5) is 23.4. The number of esters is 1. The smallest absolute Gasteiger partial charge is 0.338 e. The lowest BCUT2D eigenvalue weighted by Crippen LogP contribution is -2.48. The fourth-order valence-corrected chi connectivity index (χ4v) is 2.26. The van der Waals surface area contributed by atoms with Gasteiger partial charge in [0.25, 0.3) is 5.91 Å². The van der Waals surface area contributed by atoms with Gasteiger partial charge in [-0.05, 0) is 56.9 Å². The van der Waals surface area contributed by atoms with Gasteiger partial charge in [0.15, 0.2) is 6.61 Å². The minimum atomic E-state index is -0.825. The van der Waals surface area contributed by atoms with Gasteiger partial charge in [0.2, 0.25) is 0 Å². The van der Waals surface area contributed by atoms with Gasteiger partial charge in [0.1, 0.15) is 11.3 Å². The van der Waals surface area contributed by atoms with Gasteiger partial charge in [-0.1, -0.05) is 0 Å². The summed E-state index contributed by atoms with van der Waals surface area (Å²) in [7, 11) is 0. The molecule has 2 rings (SSSR count). The van der Waals surface area contributed by atoms with Gasteiger partial charge >= 0.3 is 5.97 Å². The van der Waals surface area contributed by atoms with Crippen molar-refractivity contribution in [3.63, 3.8) is 0 Å². The molecule has 1 aromatic carbocycles. The van der Waals surface area contributed by atoms with Crippen LogP contribution in [0.25, 0.3) is 0 Å². The average molecular weight is 316 g/mol. The average Bonchev–Trinajstić information content (AvgIpc) is 3.39. The van der Waals surface area contributed by atoms with Crippen LogP contribution >= 0.6 is 0 Å². The third-order valence-corrected chi connectivity index (χ3v) is 3.76. The number of nitriles is 1. The van der Waals surface area contributed by atoms with Crippen LogP contribution in [0.1, 0.15) is 37.0 Å². The maximum Gasteiger partial charge on any atom is 0.338 e. The summed E-state index contributed by atoms with van der Waals surface area (Å²) >= 11 is 0.